The Bertz CT molecular complexity index is 528. The van der Waals surface area contributed by atoms with Crippen LogP contribution in [0, 0.1) is 0 Å². The molecule has 112 valence electrons. The summed E-state index contributed by atoms with van der Waals surface area (Å²) in [5.41, 5.74) is 2.51. The summed E-state index contributed by atoms with van der Waals surface area (Å²) in [5, 5.41) is 6.23. The van der Waals surface area contributed by atoms with E-state index in [9.17, 15) is 0 Å². The molecule has 0 bridgehead atoms. The molecule has 1 saturated heterocycles. The molecular weight excluding hydrogens is 280 g/mol. The molecule has 0 radical (unpaired) electrons. The Hall–Kier alpha value is -1.30. The Morgan fingerprint density at radius 3 is 2.90 bits per heavy atom. The summed E-state index contributed by atoms with van der Waals surface area (Å²) in [6, 6.07) is 11.4. The number of likely N-dealkylation sites (N-methyl/N-ethyl adjacent to an activating group) is 1. The number of nitrogens with zero attached hydrogens (tertiary/aromatic N) is 4. The lowest BCUT2D eigenvalue weighted by Gasteiger charge is -2.27. The number of likely N-dealkylation sites (tertiary alicyclic amines) is 1. The van der Waals surface area contributed by atoms with Crippen molar-refractivity contribution in [3.63, 3.8) is 0 Å². The van der Waals surface area contributed by atoms with Gasteiger partial charge in [-0.3, -0.25) is 9.80 Å². The fraction of sp³-hybridized carbons (Fsp3) is 0.500. The van der Waals surface area contributed by atoms with Crippen LogP contribution in [0.2, 0.25) is 0 Å². The van der Waals surface area contributed by atoms with Crippen LogP contribution < -0.4 is 0 Å². The molecule has 1 aromatic heterocycles. The van der Waals surface area contributed by atoms with Crippen molar-refractivity contribution in [1.82, 2.24) is 19.4 Å². The van der Waals surface area contributed by atoms with Gasteiger partial charge in [-0.15, -0.1) is 5.10 Å². The Kier molecular flexibility index (Phi) is 4.95. The molecule has 1 atom stereocenters. The Labute approximate surface area is 130 Å². The zero-order chi connectivity index (χ0) is 14.5. The maximum Gasteiger partial charge on any atom is 0.0895 e. The highest BCUT2D eigenvalue weighted by atomic mass is 32.1. The molecule has 0 N–H and O–H groups in total. The highest BCUT2D eigenvalue weighted by Crippen LogP contribution is 2.19. The minimum atomic E-state index is 0.639. The van der Waals surface area contributed by atoms with Crippen LogP contribution >= 0.6 is 11.5 Å². The number of hydrogen-bond acceptors (Lipinski definition) is 5. The van der Waals surface area contributed by atoms with Crippen molar-refractivity contribution >= 4 is 11.5 Å². The zero-order valence-corrected chi connectivity index (χ0v) is 13.3. The average Bonchev–Trinajstić information content (AvgIpc) is 3.17. The van der Waals surface area contributed by atoms with Gasteiger partial charge in [-0.1, -0.05) is 41.7 Å². The van der Waals surface area contributed by atoms with E-state index in [1.54, 1.807) is 0 Å². The van der Waals surface area contributed by atoms with Crippen molar-refractivity contribution in [2.24, 2.45) is 0 Å². The molecule has 3 rings (SSSR count). The molecule has 1 aliphatic heterocycles. The Morgan fingerprint density at radius 1 is 1.33 bits per heavy atom. The van der Waals surface area contributed by atoms with Crippen molar-refractivity contribution in [2.75, 3.05) is 19.6 Å². The van der Waals surface area contributed by atoms with Crippen LogP contribution in [0.3, 0.4) is 0 Å². The zero-order valence-electron chi connectivity index (χ0n) is 12.5. The highest BCUT2D eigenvalue weighted by Gasteiger charge is 2.27. The molecule has 5 heteroatoms. The van der Waals surface area contributed by atoms with Crippen molar-refractivity contribution in [1.29, 1.82) is 0 Å². The van der Waals surface area contributed by atoms with E-state index in [4.69, 9.17) is 0 Å². The SMILES string of the molecule is CCN(Cc1csnn1)[C@H]1CCN(Cc2ccccc2)C1. The van der Waals surface area contributed by atoms with Crippen LogP contribution in [-0.2, 0) is 13.1 Å². The van der Waals surface area contributed by atoms with E-state index >= 15 is 0 Å². The molecule has 0 amide bonds. The van der Waals surface area contributed by atoms with Crippen LogP contribution in [0.15, 0.2) is 35.7 Å². The van der Waals surface area contributed by atoms with Gasteiger partial charge in [0, 0.05) is 37.6 Å². The second kappa shape index (κ2) is 7.11. The lowest BCUT2D eigenvalue weighted by Crippen LogP contribution is -2.37. The molecule has 1 fully saturated rings. The van der Waals surface area contributed by atoms with E-state index in [0.29, 0.717) is 6.04 Å². The first-order chi connectivity index (χ1) is 10.3. The molecule has 1 aromatic carbocycles. The van der Waals surface area contributed by atoms with E-state index in [2.05, 4.69) is 62.0 Å². The third-order valence-corrected chi connectivity index (χ3v) is 4.74. The van der Waals surface area contributed by atoms with Crippen LogP contribution in [-0.4, -0.2) is 45.1 Å². The Balaban J connectivity index is 1.55. The van der Waals surface area contributed by atoms with Gasteiger partial charge in [0.05, 0.1) is 5.69 Å². The number of rotatable bonds is 6. The summed E-state index contributed by atoms with van der Waals surface area (Å²) in [4.78, 5) is 5.09. The molecule has 0 saturated carbocycles. The third-order valence-electron chi connectivity index (χ3n) is 4.19. The summed E-state index contributed by atoms with van der Waals surface area (Å²) >= 11 is 1.44. The molecular formula is C16H22N4S. The largest absolute Gasteiger partial charge is 0.297 e. The minimum absolute atomic E-state index is 0.639. The van der Waals surface area contributed by atoms with Crippen molar-refractivity contribution < 1.29 is 0 Å². The summed E-state index contributed by atoms with van der Waals surface area (Å²) in [6.45, 7) is 7.64. The smallest absolute Gasteiger partial charge is 0.0895 e. The second-order valence-corrected chi connectivity index (χ2v) is 6.23. The first-order valence-corrected chi connectivity index (χ1v) is 8.45. The van der Waals surface area contributed by atoms with E-state index < -0.39 is 0 Å². The van der Waals surface area contributed by atoms with Gasteiger partial charge >= 0.3 is 0 Å². The lowest BCUT2D eigenvalue weighted by molar-refractivity contribution is 0.190. The van der Waals surface area contributed by atoms with Gasteiger partial charge in [-0.2, -0.15) is 0 Å². The van der Waals surface area contributed by atoms with Gasteiger partial charge in [0.2, 0.25) is 0 Å². The fourth-order valence-corrected chi connectivity index (χ4v) is 3.50. The van der Waals surface area contributed by atoms with Gasteiger partial charge in [-0.25, -0.2) is 0 Å². The summed E-state index contributed by atoms with van der Waals surface area (Å²) in [7, 11) is 0. The van der Waals surface area contributed by atoms with Gasteiger partial charge in [0.1, 0.15) is 0 Å². The summed E-state index contributed by atoms with van der Waals surface area (Å²) in [5.74, 6) is 0. The number of hydrogen-bond donors (Lipinski definition) is 0. The second-order valence-electron chi connectivity index (χ2n) is 5.62. The lowest BCUT2D eigenvalue weighted by atomic mass is 10.2. The molecule has 21 heavy (non-hydrogen) atoms. The fourth-order valence-electron chi connectivity index (χ4n) is 3.06. The topological polar surface area (TPSA) is 32.3 Å². The first kappa shape index (κ1) is 14.6. The van der Waals surface area contributed by atoms with Gasteiger partial charge < -0.3 is 0 Å². The molecule has 1 aliphatic rings. The van der Waals surface area contributed by atoms with Crippen LogP contribution in [0.1, 0.15) is 24.6 Å². The summed E-state index contributed by atoms with van der Waals surface area (Å²) < 4.78 is 3.96. The quantitative estimate of drug-likeness (QED) is 0.821. The molecule has 0 spiro atoms. The molecule has 2 aromatic rings. The van der Waals surface area contributed by atoms with Crippen molar-refractivity contribution in [2.45, 2.75) is 32.5 Å². The van der Waals surface area contributed by atoms with E-state index in [1.165, 1.54) is 30.1 Å². The monoisotopic (exact) mass is 302 g/mol. The summed E-state index contributed by atoms with van der Waals surface area (Å²) in [6.07, 6.45) is 1.25. The van der Waals surface area contributed by atoms with Crippen LogP contribution in [0.5, 0.6) is 0 Å². The average molecular weight is 302 g/mol. The van der Waals surface area contributed by atoms with E-state index in [1.807, 2.05) is 0 Å². The molecule has 0 aliphatic carbocycles. The third kappa shape index (κ3) is 3.87. The first-order valence-electron chi connectivity index (χ1n) is 7.61. The number of aromatic nitrogens is 2. The van der Waals surface area contributed by atoms with Gasteiger partial charge in [0.25, 0.3) is 0 Å². The van der Waals surface area contributed by atoms with E-state index in [0.717, 1.165) is 31.9 Å². The number of benzene rings is 1. The van der Waals surface area contributed by atoms with Crippen molar-refractivity contribution in [3.8, 4) is 0 Å². The van der Waals surface area contributed by atoms with Crippen LogP contribution in [0.25, 0.3) is 0 Å². The van der Waals surface area contributed by atoms with Crippen LogP contribution in [0.4, 0.5) is 0 Å². The van der Waals surface area contributed by atoms with Gasteiger partial charge in [0.15, 0.2) is 0 Å². The molecule has 2 heterocycles. The van der Waals surface area contributed by atoms with E-state index in [-0.39, 0.29) is 0 Å². The maximum absolute atomic E-state index is 4.18. The standard InChI is InChI=1S/C16H22N4S/c1-2-20(11-15-13-21-18-17-15)16-8-9-19(12-16)10-14-6-4-3-5-7-14/h3-7,13,16H,2,8-12H2,1H3/t16-/m0/s1. The predicted octanol–water partition coefficient (Wildman–Crippen LogP) is 2.63. The maximum atomic E-state index is 4.18. The normalized spacial score (nSPS) is 19.4. The van der Waals surface area contributed by atoms with Gasteiger partial charge in [-0.05, 0) is 30.1 Å². The highest BCUT2D eigenvalue weighted by molar-refractivity contribution is 7.03. The molecule has 4 nitrogen and oxygen atoms in total. The van der Waals surface area contributed by atoms with Crippen molar-refractivity contribution in [3.05, 3.63) is 47.0 Å². The Morgan fingerprint density at radius 2 is 2.19 bits per heavy atom. The predicted molar refractivity (Wildman–Crippen MR) is 86.1 cm³/mol. The minimum Gasteiger partial charge on any atom is -0.297 e. The molecule has 0 unspecified atom stereocenters.